The molecule has 0 aliphatic carbocycles. The molecule has 0 radical (unpaired) electrons. The Kier molecular flexibility index (Phi) is 5.79. The van der Waals surface area contributed by atoms with Crippen molar-refractivity contribution in [3.8, 4) is 11.5 Å². The van der Waals surface area contributed by atoms with E-state index in [9.17, 15) is 9.59 Å². The topological polar surface area (TPSA) is 67.9 Å². The Morgan fingerprint density at radius 3 is 2.39 bits per heavy atom. The third-order valence-electron chi connectivity index (χ3n) is 4.97. The molecule has 0 saturated carbocycles. The monoisotopic (exact) mass is 402 g/mol. The number of rotatable bonds is 5. The molecule has 1 atom stereocenters. The second kappa shape index (κ2) is 8.10. The molecule has 2 aromatic carbocycles. The van der Waals surface area contributed by atoms with Gasteiger partial charge in [-0.05, 0) is 31.0 Å². The molecule has 0 bridgehead atoms. The molecule has 7 heteroatoms. The summed E-state index contributed by atoms with van der Waals surface area (Å²) in [4.78, 5) is 27.0. The van der Waals surface area contributed by atoms with Gasteiger partial charge in [0.05, 0.1) is 30.8 Å². The van der Waals surface area contributed by atoms with Crippen LogP contribution in [0.15, 0.2) is 30.3 Å². The van der Waals surface area contributed by atoms with Crippen molar-refractivity contribution in [1.82, 2.24) is 0 Å². The highest BCUT2D eigenvalue weighted by molar-refractivity contribution is 6.32. The second-order valence-electron chi connectivity index (χ2n) is 6.82. The van der Waals surface area contributed by atoms with Crippen molar-refractivity contribution in [2.75, 3.05) is 31.0 Å². The zero-order valence-corrected chi connectivity index (χ0v) is 17.1. The minimum absolute atomic E-state index is 0.129. The molecule has 0 spiro atoms. The first-order chi connectivity index (χ1) is 13.3. The summed E-state index contributed by atoms with van der Waals surface area (Å²) >= 11 is 6.23. The van der Waals surface area contributed by atoms with Crippen molar-refractivity contribution < 1.29 is 19.1 Å². The maximum Gasteiger partial charge on any atom is 0.229 e. The smallest absolute Gasteiger partial charge is 0.229 e. The number of hydrogen-bond donors (Lipinski definition) is 1. The molecule has 3 rings (SSSR count). The van der Waals surface area contributed by atoms with Crippen LogP contribution in [0, 0.1) is 19.8 Å². The van der Waals surface area contributed by atoms with E-state index >= 15 is 0 Å². The Hall–Kier alpha value is -2.73. The third kappa shape index (κ3) is 3.78. The lowest BCUT2D eigenvalue weighted by Crippen LogP contribution is -2.28. The van der Waals surface area contributed by atoms with E-state index in [1.54, 1.807) is 17.0 Å². The summed E-state index contributed by atoms with van der Waals surface area (Å²) in [7, 11) is 3.02. The zero-order chi connectivity index (χ0) is 20.4. The molecule has 2 amide bonds. The molecule has 0 aromatic heterocycles. The fourth-order valence-electron chi connectivity index (χ4n) is 3.41. The van der Waals surface area contributed by atoms with Gasteiger partial charge >= 0.3 is 0 Å². The van der Waals surface area contributed by atoms with Gasteiger partial charge in [-0.1, -0.05) is 29.8 Å². The van der Waals surface area contributed by atoms with E-state index in [4.69, 9.17) is 21.1 Å². The van der Waals surface area contributed by atoms with E-state index in [0.717, 1.165) is 16.8 Å². The lowest BCUT2D eigenvalue weighted by Gasteiger charge is -2.21. The van der Waals surface area contributed by atoms with Gasteiger partial charge in [-0.2, -0.15) is 0 Å². The molecule has 1 unspecified atom stereocenters. The highest BCUT2D eigenvalue weighted by Crippen LogP contribution is 2.40. The number of aryl methyl sites for hydroxylation is 2. The predicted molar refractivity (Wildman–Crippen MR) is 110 cm³/mol. The summed E-state index contributed by atoms with van der Waals surface area (Å²) in [5.74, 6) is 0.133. The Balaban J connectivity index is 1.82. The van der Waals surface area contributed by atoms with Crippen LogP contribution in [0.2, 0.25) is 5.02 Å². The Morgan fingerprint density at radius 1 is 1.14 bits per heavy atom. The van der Waals surface area contributed by atoms with Crippen LogP contribution in [-0.2, 0) is 9.59 Å². The molecule has 1 N–H and O–H groups in total. The van der Waals surface area contributed by atoms with Crippen molar-refractivity contribution in [1.29, 1.82) is 0 Å². The van der Waals surface area contributed by atoms with Gasteiger partial charge in [-0.3, -0.25) is 9.59 Å². The first-order valence-corrected chi connectivity index (χ1v) is 9.32. The van der Waals surface area contributed by atoms with E-state index in [-0.39, 0.29) is 24.8 Å². The molecule has 148 valence electrons. The van der Waals surface area contributed by atoms with Crippen molar-refractivity contribution in [2.24, 2.45) is 5.92 Å². The molecule has 1 aliphatic rings. The number of nitrogens with zero attached hydrogens (tertiary/aromatic N) is 1. The largest absolute Gasteiger partial charge is 0.495 e. The molecule has 1 saturated heterocycles. The fraction of sp³-hybridized carbons (Fsp3) is 0.333. The van der Waals surface area contributed by atoms with Gasteiger partial charge in [0, 0.05) is 24.7 Å². The molecule has 1 aliphatic heterocycles. The Bertz CT molecular complexity index is 909. The van der Waals surface area contributed by atoms with Crippen molar-refractivity contribution in [2.45, 2.75) is 20.3 Å². The number of amides is 2. The van der Waals surface area contributed by atoms with Crippen LogP contribution in [0.3, 0.4) is 0 Å². The summed E-state index contributed by atoms with van der Waals surface area (Å²) in [6.07, 6.45) is 0.129. The summed E-state index contributed by atoms with van der Waals surface area (Å²) in [6, 6.07) is 9.09. The number of ether oxygens (including phenoxy) is 2. The Morgan fingerprint density at radius 2 is 1.79 bits per heavy atom. The number of para-hydroxylation sites is 1. The molecule has 1 fully saturated rings. The van der Waals surface area contributed by atoms with Gasteiger partial charge in [0.2, 0.25) is 11.8 Å². The normalized spacial score (nSPS) is 16.2. The number of benzene rings is 2. The van der Waals surface area contributed by atoms with Crippen molar-refractivity contribution in [3.05, 3.63) is 46.5 Å². The summed E-state index contributed by atoms with van der Waals surface area (Å²) in [5, 5.41) is 3.35. The molecular weight excluding hydrogens is 380 g/mol. The SMILES string of the molecule is COc1cc(OC)c(N2CC(C(=O)Nc3c(C)cccc3C)CC2=O)cc1Cl. The van der Waals surface area contributed by atoms with Crippen LogP contribution in [0.5, 0.6) is 11.5 Å². The molecule has 2 aromatic rings. The summed E-state index contributed by atoms with van der Waals surface area (Å²) in [6.45, 7) is 4.15. The maximum atomic E-state index is 12.8. The lowest BCUT2D eigenvalue weighted by molar-refractivity contribution is -0.122. The van der Waals surface area contributed by atoms with E-state index in [1.165, 1.54) is 14.2 Å². The van der Waals surface area contributed by atoms with Crippen LogP contribution in [0.4, 0.5) is 11.4 Å². The summed E-state index contributed by atoms with van der Waals surface area (Å²) in [5.41, 5.74) is 3.29. The van der Waals surface area contributed by atoms with Crippen LogP contribution < -0.4 is 19.7 Å². The van der Waals surface area contributed by atoms with Crippen LogP contribution in [0.25, 0.3) is 0 Å². The predicted octanol–water partition coefficient (Wildman–Crippen LogP) is 3.97. The summed E-state index contributed by atoms with van der Waals surface area (Å²) < 4.78 is 10.6. The van der Waals surface area contributed by atoms with Crippen molar-refractivity contribution >= 4 is 34.8 Å². The van der Waals surface area contributed by atoms with E-state index in [1.807, 2.05) is 32.0 Å². The third-order valence-corrected chi connectivity index (χ3v) is 5.26. The number of carbonyl (C=O) groups is 2. The highest BCUT2D eigenvalue weighted by Gasteiger charge is 2.37. The number of nitrogens with one attached hydrogen (secondary N) is 1. The average molecular weight is 403 g/mol. The van der Waals surface area contributed by atoms with Gasteiger partial charge in [0.1, 0.15) is 11.5 Å². The van der Waals surface area contributed by atoms with Gasteiger partial charge < -0.3 is 19.7 Å². The van der Waals surface area contributed by atoms with E-state index in [2.05, 4.69) is 5.32 Å². The first kappa shape index (κ1) is 20.0. The Labute approximate surface area is 169 Å². The minimum atomic E-state index is -0.461. The zero-order valence-electron chi connectivity index (χ0n) is 16.3. The highest BCUT2D eigenvalue weighted by atomic mass is 35.5. The average Bonchev–Trinajstić information content (AvgIpc) is 3.06. The first-order valence-electron chi connectivity index (χ1n) is 8.94. The number of carbonyl (C=O) groups excluding carboxylic acids is 2. The molecule has 1 heterocycles. The van der Waals surface area contributed by atoms with E-state index < -0.39 is 5.92 Å². The maximum absolute atomic E-state index is 12.8. The number of halogens is 1. The van der Waals surface area contributed by atoms with Crippen LogP contribution in [-0.4, -0.2) is 32.6 Å². The van der Waals surface area contributed by atoms with E-state index in [0.29, 0.717) is 22.2 Å². The van der Waals surface area contributed by atoms with Gasteiger partial charge in [0.25, 0.3) is 0 Å². The molecular formula is C21H23ClN2O4. The van der Waals surface area contributed by atoms with Gasteiger partial charge in [-0.15, -0.1) is 0 Å². The number of anilines is 2. The quantitative estimate of drug-likeness (QED) is 0.821. The van der Waals surface area contributed by atoms with Crippen molar-refractivity contribution in [3.63, 3.8) is 0 Å². The second-order valence-corrected chi connectivity index (χ2v) is 7.23. The van der Waals surface area contributed by atoms with Gasteiger partial charge in [-0.25, -0.2) is 0 Å². The molecule has 6 nitrogen and oxygen atoms in total. The van der Waals surface area contributed by atoms with Crippen LogP contribution >= 0.6 is 11.6 Å². The number of methoxy groups -OCH3 is 2. The van der Waals surface area contributed by atoms with Gasteiger partial charge in [0.15, 0.2) is 0 Å². The number of hydrogen-bond acceptors (Lipinski definition) is 4. The lowest BCUT2D eigenvalue weighted by atomic mass is 10.1. The fourth-order valence-corrected chi connectivity index (χ4v) is 3.64. The standard InChI is InChI=1S/C21H23ClN2O4/c1-12-6-5-7-13(2)20(12)23-21(26)14-8-19(25)24(11-14)16-9-15(22)17(27-3)10-18(16)28-4/h5-7,9-10,14H,8,11H2,1-4H3,(H,23,26). The molecule has 28 heavy (non-hydrogen) atoms. The van der Waals surface area contributed by atoms with Crippen LogP contribution in [0.1, 0.15) is 17.5 Å². The minimum Gasteiger partial charge on any atom is -0.495 e.